The summed E-state index contributed by atoms with van der Waals surface area (Å²) in [6.45, 7) is 6.70. The lowest BCUT2D eigenvalue weighted by Gasteiger charge is -2.21. The maximum atomic E-state index is 9.43. The standard InChI is InChI=1S/C27H27N4O2/c1-3-30(4-2)19-12-13-22-24(17-19)33-25-18-23(20-9-5-6-10-21(20)27(25)29-22)28-26-11-7-8-14-31(26)15-16-32/h5-14,17-18,32H,3-4,15-16H2,1-2H3/q+1. The van der Waals surface area contributed by atoms with Gasteiger partial charge in [-0.1, -0.05) is 24.3 Å². The maximum Gasteiger partial charge on any atom is 0.323 e. The highest BCUT2D eigenvalue weighted by Crippen LogP contribution is 2.31. The first-order valence-corrected chi connectivity index (χ1v) is 11.4. The van der Waals surface area contributed by atoms with Crippen molar-refractivity contribution in [2.45, 2.75) is 20.4 Å². The van der Waals surface area contributed by atoms with Gasteiger partial charge in [0.05, 0.1) is 12.8 Å². The lowest BCUT2D eigenvalue weighted by molar-refractivity contribution is -0.685. The summed E-state index contributed by atoms with van der Waals surface area (Å²) in [4.78, 5) is 12.2. The fourth-order valence-electron chi connectivity index (χ4n) is 4.29. The summed E-state index contributed by atoms with van der Waals surface area (Å²) in [5, 5.41) is 12.2. The van der Waals surface area contributed by atoms with Gasteiger partial charge in [-0.15, -0.1) is 0 Å². The van der Waals surface area contributed by atoms with E-state index in [1.54, 1.807) is 0 Å². The highest BCUT2D eigenvalue weighted by Gasteiger charge is 2.18. The minimum Gasteiger partial charge on any atom is -0.453 e. The third kappa shape index (κ3) is 3.94. The summed E-state index contributed by atoms with van der Waals surface area (Å²) in [5.74, 6) is 1.47. The molecule has 5 rings (SSSR count). The summed E-state index contributed by atoms with van der Waals surface area (Å²) < 4.78 is 8.33. The predicted octanol–water partition coefficient (Wildman–Crippen LogP) is 4.44. The Kier molecular flexibility index (Phi) is 5.75. The molecule has 33 heavy (non-hydrogen) atoms. The van der Waals surface area contributed by atoms with Crippen molar-refractivity contribution in [1.82, 2.24) is 4.98 Å². The van der Waals surface area contributed by atoms with Gasteiger partial charge in [0.15, 0.2) is 16.7 Å². The molecule has 6 nitrogen and oxygen atoms in total. The second-order valence-electron chi connectivity index (χ2n) is 7.91. The average molecular weight is 440 g/mol. The Morgan fingerprint density at radius 2 is 1.76 bits per heavy atom. The lowest BCUT2D eigenvalue weighted by atomic mass is 10.0. The Morgan fingerprint density at radius 3 is 2.55 bits per heavy atom. The zero-order chi connectivity index (χ0) is 22.8. The topological polar surface area (TPSA) is 65.7 Å². The molecule has 0 saturated carbocycles. The van der Waals surface area contributed by atoms with Gasteiger partial charge in [-0.2, -0.15) is 0 Å². The van der Waals surface area contributed by atoms with Crippen molar-refractivity contribution >= 4 is 33.4 Å². The van der Waals surface area contributed by atoms with E-state index >= 15 is 0 Å². The van der Waals surface area contributed by atoms with Crippen molar-refractivity contribution in [3.63, 3.8) is 0 Å². The van der Waals surface area contributed by atoms with Crippen molar-refractivity contribution < 1.29 is 14.1 Å². The quantitative estimate of drug-likeness (QED) is 0.241. The van der Waals surface area contributed by atoms with E-state index in [-0.39, 0.29) is 6.61 Å². The summed E-state index contributed by atoms with van der Waals surface area (Å²) in [5.41, 5.74) is 3.53. The Bertz CT molecular complexity index is 1470. The summed E-state index contributed by atoms with van der Waals surface area (Å²) in [6.07, 6.45) is 1.92. The third-order valence-electron chi connectivity index (χ3n) is 5.98. The predicted molar refractivity (Wildman–Crippen MR) is 131 cm³/mol. The molecule has 0 amide bonds. The van der Waals surface area contributed by atoms with Crippen LogP contribution in [0, 0.1) is 0 Å². The summed E-state index contributed by atoms with van der Waals surface area (Å²) >= 11 is 0. The first kappa shape index (κ1) is 21.1. The first-order valence-electron chi connectivity index (χ1n) is 11.4. The molecule has 0 unspecified atom stereocenters. The summed E-state index contributed by atoms with van der Waals surface area (Å²) in [6, 6.07) is 22.1. The largest absolute Gasteiger partial charge is 0.453 e. The van der Waals surface area contributed by atoms with E-state index in [0.29, 0.717) is 12.3 Å². The van der Waals surface area contributed by atoms with Gasteiger partial charge in [0.2, 0.25) is 0 Å². The maximum absolute atomic E-state index is 9.43. The van der Waals surface area contributed by atoms with Crippen molar-refractivity contribution in [1.29, 1.82) is 0 Å². The number of aliphatic hydroxyl groups excluding tert-OH is 1. The van der Waals surface area contributed by atoms with Crippen LogP contribution < -0.4 is 14.8 Å². The molecular formula is C27H27N4O2+. The molecule has 0 bridgehead atoms. The Balaban J connectivity index is 1.78. The zero-order valence-electron chi connectivity index (χ0n) is 18.9. The molecule has 0 atom stereocenters. The van der Waals surface area contributed by atoms with Crippen LogP contribution >= 0.6 is 0 Å². The molecule has 1 N–H and O–H groups in total. The van der Waals surface area contributed by atoms with E-state index in [0.717, 1.165) is 57.5 Å². The molecule has 166 valence electrons. The average Bonchev–Trinajstić information content (AvgIpc) is 2.85. The first-order chi connectivity index (χ1) is 16.2. The van der Waals surface area contributed by atoms with Gasteiger partial charge < -0.3 is 14.4 Å². The van der Waals surface area contributed by atoms with Gasteiger partial charge >= 0.3 is 5.82 Å². The van der Waals surface area contributed by atoms with Gasteiger partial charge in [-0.3, -0.25) is 0 Å². The molecule has 1 aromatic heterocycles. The van der Waals surface area contributed by atoms with Crippen LogP contribution in [0.3, 0.4) is 0 Å². The van der Waals surface area contributed by atoms with Crippen LogP contribution in [-0.2, 0) is 6.54 Å². The number of pyridine rings is 1. The van der Waals surface area contributed by atoms with Crippen molar-refractivity contribution in [3.8, 4) is 11.5 Å². The molecule has 1 aliphatic heterocycles. The zero-order valence-corrected chi connectivity index (χ0v) is 18.9. The van der Waals surface area contributed by atoms with E-state index in [4.69, 9.17) is 14.4 Å². The third-order valence-corrected chi connectivity index (χ3v) is 5.98. The van der Waals surface area contributed by atoms with Gasteiger partial charge in [0.25, 0.3) is 0 Å². The number of nitrogens with zero attached hydrogens (tertiary/aromatic N) is 4. The van der Waals surface area contributed by atoms with Crippen molar-refractivity contribution in [2.24, 2.45) is 4.99 Å². The van der Waals surface area contributed by atoms with E-state index in [1.165, 1.54) is 0 Å². The molecule has 0 radical (unpaired) electrons. The minimum absolute atomic E-state index is 0.0514. The molecule has 0 spiro atoms. The lowest BCUT2D eigenvalue weighted by Crippen LogP contribution is -2.35. The molecule has 2 aromatic carbocycles. The van der Waals surface area contributed by atoms with Crippen LogP contribution in [0.2, 0.25) is 0 Å². The highest BCUT2D eigenvalue weighted by atomic mass is 16.3. The van der Waals surface area contributed by atoms with E-state index < -0.39 is 0 Å². The fraction of sp³-hybridized carbons (Fsp3) is 0.222. The Labute approximate surface area is 192 Å². The monoisotopic (exact) mass is 439 g/mol. The van der Waals surface area contributed by atoms with Gasteiger partial charge in [-0.25, -0.2) is 9.55 Å². The molecule has 3 aromatic rings. The van der Waals surface area contributed by atoms with Gasteiger partial charge in [0.1, 0.15) is 17.8 Å². The molecule has 2 aliphatic rings. The van der Waals surface area contributed by atoms with Crippen molar-refractivity contribution in [3.05, 3.63) is 78.3 Å². The minimum atomic E-state index is 0.0514. The Morgan fingerprint density at radius 1 is 0.970 bits per heavy atom. The van der Waals surface area contributed by atoms with Crippen LogP contribution in [0.5, 0.6) is 0 Å². The second-order valence-corrected chi connectivity index (χ2v) is 7.91. The SMILES string of the molecule is CCN(CC)c1ccc2nc3c4ccccc4/c(=N/c4cccc[n+]4CCO)cc-3oc2c1. The van der Waals surface area contributed by atoms with E-state index in [9.17, 15) is 5.11 Å². The number of rotatable bonds is 6. The van der Waals surface area contributed by atoms with Crippen LogP contribution in [0.4, 0.5) is 11.5 Å². The number of aliphatic hydroxyl groups is 1. The van der Waals surface area contributed by atoms with Crippen LogP contribution in [0.1, 0.15) is 13.8 Å². The van der Waals surface area contributed by atoms with Crippen LogP contribution in [0.25, 0.3) is 33.3 Å². The fourth-order valence-corrected chi connectivity index (χ4v) is 4.29. The number of fused-ring (bicyclic) bond motifs is 4. The molecule has 1 aliphatic carbocycles. The van der Waals surface area contributed by atoms with Crippen LogP contribution in [-0.4, -0.2) is 29.8 Å². The van der Waals surface area contributed by atoms with Crippen LogP contribution in [0.15, 0.2) is 82.3 Å². The molecule has 0 saturated heterocycles. The highest BCUT2D eigenvalue weighted by molar-refractivity contribution is 5.96. The normalized spacial score (nSPS) is 12.2. The molecular weight excluding hydrogens is 412 g/mol. The second kappa shape index (κ2) is 9.00. The van der Waals surface area contributed by atoms with Gasteiger partial charge in [-0.05, 0) is 43.1 Å². The smallest absolute Gasteiger partial charge is 0.323 e. The number of hydrogen-bond acceptors (Lipinski definition) is 5. The molecule has 6 heteroatoms. The molecule has 2 heterocycles. The molecule has 0 fully saturated rings. The summed E-state index contributed by atoms with van der Waals surface area (Å²) in [7, 11) is 0. The van der Waals surface area contributed by atoms with E-state index in [2.05, 4.69) is 43.0 Å². The number of benzene rings is 3. The number of anilines is 1. The van der Waals surface area contributed by atoms with Crippen molar-refractivity contribution in [2.75, 3.05) is 24.6 Å². The number of hydrogen-bond donors (Lipinski definition) is 1. The Hall–Kier alpha value is -3.77. The number of aromatic nitrogens is 2. The van der Waals surface area contributed by atoms with E-state index in [1.807, 2.05) is 53.2 Å². The van der Waals surface area contributed by atoms with Gasteiger partial charge in [0, 0.05) is 47.7 Å².